The van der Waals surface area contributed by atoms with Crippen molar-refractivity contribution in [2.24, 2.45) is 0 Å². The van der Waals surface area contributed by atoms with Crippen LogP contribution in [0.15, 0.2) is 71.6 Å². The van der Waals surface area contributed by atoms with Crippen LogP contribution in [0.2, 0.25) is 0 Å². The molecule has 1 atom stereocenters. The summed E-state index contributed by atoms with van der Waals surface area (Å²) in [6.07, 6.45) is 2.93. The van der Waals surface area contributed by atoms with E-state index in [1.165, 1.54) is 12.1 Å². The van der Waals surface area contributed by atoms with Crippen LogP contribution in [0.5, 0.6) is 5.75 Å². The molecule has 7 nitrogen and oxygen atoms in total. The van der Waals surface area contributed by atoms with Gasteiger partial charge in [-0.15, -0.1) is 0 Å². The largest absolute Gasteiger partial charge is 0.489 e. The number of benzene rings is 3. The topological polar surface area (TPSA) is 95.9 Å². The Morgan fingerprint density at radius 1 is 0.970 bits per heavy atom. The molecule has 0 amide bonds. The van der Waals surface area contributed by atoms with Gasteiger partial charge in [0, 0.05) is 6.54 Å². The third-order valence-corrected chi connectivity index (χ3v) is 7.38. The summed E-state index contributed by atoms with van der Waals surface area (Å²) in [5.41, 5.74) is 1.02. The first-order valence-corrected chi connectivity index (χ1v) is 12.6. The zero-order valence-corrected chi connectivity index (χ0v) is 19.1. The summed E-state index contributed by atoms with van der Waals surface area (Å²) in [6, 6.07) is 19.5. The van der Waals surface area contributed by atoms with Gasteiger partial charge in [-0.1, -0.05) is 42.8 Å². The number of sulfonamides is 1. The Balaban J connectivity index is 1.36. The molecule has 1 fully saturated rings. The number of carboxylic acid groups (broad SMARTS) is 1. The van der Waals surface area contributed by atoms with E-state index in [1.807, 2.05) is 35.2 Å². The number of nitrogens with one attached hydrogen (secondary N) is 1. The maximum absolute atomic E-state index is 12.7. The summed E-state index contributed by atoms with van der Waals surface area (Å²) < 4.78 is 33.7. The molecule has 0 bridgehead atoms. The molecule has 0 unspecified atom stereocenters. The lowest BCUT2D eigenvalue weighted by molar-refractivity contribution is -0.143. The third kappa shape index (κ3) is 5.90. The van der Waals surface area contributed by atoms with Gasteiger partial charge in [-0.25, -0.2) is 13.1 Å². The van der Waals surface area contributed by atoms with E-state index in [2.05, 4.69) is 16.9 Å². The fourth-order valence-corrected chi connectivity index (χ4v) is 5.12. The second kappa shape index (κ2) is 10.3. The quantitative estimate of drug-likeness (QED) is 0.498. The molecule has 3 aromatic carbocycles. The molecule has 1 saturated heterocycles. The van der Waals surface area contributed by atoms with E-state index in [0.29, 0.717) is 25.4 Å². The SMILES string of the molecule is O=C(O)[C@H](CNS(=O)(=O)c1ccc(OCc2ccc3ccccc3c2)cc1)N1CCCCC1. The monoisotopic (exact) mass is 468 g/mol. The lowest BCUT2D eigenvalue weighted by Crippen LogP contribution is -2.50. The number of nitrogens with zero attached hydrogens (tertiary/aromatic N) is 1. The molecular formula is C25H28N2O5S. The Bertz CT molecular complexity index is 1200. The molecule has 1 aliphatic heterocycles. The number of aliphatic carboxylic acids is 1. The van der Waals surface area contributed by atoms with Crippen molar-refractivity contribution in [2.75, 3.05) is 19.6 Å². The van der Waals surface area contributed by atoms with Gasteiger partial charge in [-0.3, -0.25) is 9.69 Å². The Morgan fingerprint density at radius 2 is 1.67 bits per heavy atom. The Kier molecular flexibility index (Phi) is 7.27. The highest BCUT2D eigenvalue weighted by Crippen LogP contribution is 2.20. The van der Waals surface area contributed by atoms with Crippen LogP contribution in [0.3, 0.4) is 0 Å². The van der Waals surface area contributed by atoms with Crippen LogP contribution in [0, 0.1) is 0 Å². The highest BCUT2D eigenvalue weighted by atomic mass is 32.2. The zero-order chi connectivity index (χ0) is 23.3. The first kappa shape index (κ1) is 23.2. The second-order valence-corrected chi connectivity index (χ2v) is 10.0. The minimum Gasteiger partial charge on any atom is -0.489 e. The molecular weight excluding hydrogens is 440 g/mol. The maximum Gasteiger partial charge on any atom is 0.322 e. The summed E-state index contributed by atoms with van der Waals surface area (Å²) in [6.45, 7) is 1.53. The van der Waals surface area contributed by atoms with Gasteiger partial charge in [0.05, 0.1) is 4.90 Å². The molecule has 1 heterocycles. The molecule has 0 saturated carbocycles. The van der Waals surface area contributed by atoms with Gasteiger partial charge in [0.2, 0.25) is 10.0 Å². The van der Waals surface area contributed by atoms with Crippen LogP contribution in [-0.2, 0) is 21.4 Å². The number of hydrogen-bond donors (Lipinski definition) is 2. The van der Waals surface area contributed by atoms with E-state index in [4.69, 9.17) is 4.74 Å². The van der Waals surface area contributed by atoms with Crippen molar-refractivity contribution < 1.29 is 23.1 Å². The first-order valence-electron chi connectivity index (χ1n) is 11.1. The van der Waals surface area contributed by atoms with Crippen LogP contribution in [0.4, 0.5) is 0 Å². The number of carbonyl (C=O) groups is 1. The highest BCUT2D eigenvalue weighted by Gasteiger charge is 2.28. The fourth-order valence-electron chi connectivity index (χ4n) is 4.08. The molecule has 3 aromatic rings. The van der Waals surface area contributed by atoms with E-state index in [9.17, 15) is 18.3 Å². The van der Waals surface area contributed by atoms with E-state index in [0.717, 1.165) is 35.6 Å². The van der Waals surface area contributed by atoms with Crippen molar-refractivity contribution in [1.82, 2.24) is 9.62 Å². The molecule has 174 valence electrons. The Labute approximate surface area is 194 Å². The number of rotatable bonds is 9. The van der Waals surface area contributed by atoms with Crippen LogP contribution in [0.1, 0.15) is 24.8 Å². The van der Waals surface area contributed by atoms with Crippen molar-refractivity contribution in [3.05, 3.63) is 72.3 Å². The van der Waals surface area contributed by atoms with E-state index < -0.39 is 22.0 Å². The second-order valence-electron chi connectivity index (χ2n) is 8.24. The first-order chi connectivity index (χ1) is 15.9. The van der Waals surface area contributed by atoms with Crippen LogP contribution >= 0.6 is 0 Å². The number of fused-ring (bicyclic) bond motifs is 1. The van der Waals surface area contributed by atoms with Crippen molar-refractivity contribution >= 4 is 26.8 Å². The average molecular weight is 469 g/mol. The van der Waals surface area contributed by atoms with Gasteiger partial charge in [0.1, 0.15) is 18.4 Å². The van der Waals surface area contributed by atoms with Gasteiger partial charge >= 0.3 is 5.97 Å². The predicted molar refractivity (Wildman–Crippen MR) is 127 cm³/mol. The van der Waals surface area contributed by atoms with Crippen LogP contribution in [0.25, 0.3) is 10.8 Å². The molecule has 33 heavy (non-hydrogen) atoms. The molecule has 0 aromatic heterocycles. The Morgan fingerprint density at radius 3 is 2.36 bits per heavy atom. The Hall–Kier alpha value is -2.94. The lowest BCUT2D eigenvalue weighted by Gasteiger charge is -2.31. The summed E-state index contributed by atoms with van der Waals surface area (Å²) in [7, 11) is -3.83. The molecule has 8 heteroatoms. The lowest BCUT2D eigenvalue weighted by atomic mass is 10.1. The standard InChI is InChI=1S/C25H28N2O5S/c28-25(29)24(27-14-4-1-5-15-27)17-26-33(30,31)23-12-10-22(11-13-23)32-18-19-8-9-20-6-2-3-7-21(20)16-19/h2-3,6-13,16,24,26H,1,4-5,14-15,17-18H2,(H,28,29)/t24-/m0/s1. The fraction of sp³-hybridized carbons (Fsp3) is 0.320. The van der Waals surface area contributed by atoms with E-state index in [-0.39, 0.29) is 11.4 Å². The van der Waals surface area contributed by atoms with Crippen molar-refractivity contribution in [2.45, 2.75) is 36.8 Å². The molecule has 0 aliphatic carbocycles. The zero-order valence-electron chi connectivity index (χ0n) is 18.3. The smallest absolute Gasteiger partial charge is 0.322 e. The third-order valence-electron chi connectivity index (χ3n) is 5.94. The summed E-state index contributed by atoms with van der Waals surface area (Å²) in [5.74, 6) is -0.462. The molecule has 2 N–H and O–H groups in total. The number of hydrogen-bond acceptors (Lipinski definition) is 5. The van der Waals surface area contributed by atoms with Crippen molar-refractivity contribution in [3.8, 4) is 5.75 Å². The predicted octanol–water partition coefficient (Wildman–Crippen LogP) is 3.64. The molecule has 0 radical (unpaired) electrons. The average Bonchev–Trinajstić information content (AvgIpc) is 2.83. The summed E-state index contributed by atoms with van der Waals surface area (Å²) >= 11 is 0. The van der Waals surface area contributed by atoms with Gasteiger partial charge in [0.25, 0.3) is 0 Å². The number of likely N-dealkylation sites (tertiary alicyclic amines) is 1. The minimum absolute atomic E-state index is 0.0725. The van der Waals surface area contributed by atoms with Gasteiger partial charge < -0.3 is 9.84 Å². The normalized spacial score (nSPS) is 15.9. The maximum atomic E-state index is 12.7. The summed E-state index contributed by atoms with van der Waals surface area (Å²) in [5, 5.41) is 11.8. The van der Waals surface area contributed by atoms with E-state index >= 15 is 0 Å². The number of piperidine rings is 1. The molecule has 4 rings (SSSR count). The summed E-state index contributed by atoms with van der Waals surface area (Å²) in [4.78, 5) is 13.6. The minimum atomic E-state index is -3.83. The number of ether oxygens (including phenoxy) is 1. The van der Waals surface area contributed by atoms with Gasteiger partial charge in [-0.05, 0) is 72.6 Å². The molecule has 1 aliphatic rings. The number of carboxylic acids is 1. The van der Waals surface area contributed by atoms with Crippen molar-refractivity contribution in [3.63, 3.8) is 0 Å². The molecule has 0 spiro atoms. The van der Waals surface area contributed by atoms with E-state index in [1.54, 1.807) is 12.1 Å². The highest BCUT2D eigenvalue weighted by molar-refractivity contribution is 7.89. The van der Waals surface area contributed by atoms with Crippen molar-refractivity contribution in [1.29, 1.82) is 0 Å². The van der Waals surface area contributed by atoms with Crippen LogP contribution < -0.4 is 9.46 Å². The van der Waals surface area contributed by atoms with Crippen LogP contribution in [-0.4, -0.2) is 50.1 Å². The van der Waals surface area contributed by atoms with Gasteiger partial charge in [-0.2, -0.15) is 0 Å². The van der Waals surface area contributed by atoms with Gasteiger partial charge in [0.15, 0.2) is 0 Å².